The van der Waals surface area contributed by atoms with Crippen LogP contribution in [0.25, 0.3) is 0 Å². The van der Waals surface area contributed by atoms with Crippen LogP contribution in [0.15, 0.2) is 42.5 Å². The molecule has 0 bridgehead atoms. The topological polar surface area (TPSA) is 130 Å². The highest BCUT2D eigenvalue weighted by molar-refractivity contribution is 7.92. The molecule has 1 atom stereocenters. The first-order valence-corrected chi connectivity index (χ1v) is 13.5. The fraction of sp³-hybridized carbons (Fsp3) is 0.417. The van der Waals surface area contributed by atoms with Crippen LogP contribution in [0.3, 0.4) is 0 Å². The Kier molecular flexibility index (Phi) is 9.83. The summed E-state index contributed by atoms with van der Waals surface area (Å²) >= 11 is 5.98. The smallest absolute Gasteiger partial charge is 0.271 e. The van der Waals surface area contributed by atoms with Gasteiger partial charge in [-0.25, -0.2) is 8.42 Å². The van der Waals surface area contributed by atoms with Gasteiger partial charge in [0.15, 0.2) is 0 Å². The summed E-state index contributed by atoms with van der Waals surface area (Å²) in [5.74, 6) is -1.00. The van der Waals surface area contributed by atoms with Gasteiger partial charge in [0.1, 0.15) is 12.6 Å². The molecule has 0 spiro atoms. The highest BCUT2D eigenvalue weighted by Gasteiger charge is 2.32. The molecule has 12 heteroatoms. The molecule has 0 heterocycles. The van der Waals surface area contributed by atoms with Crippen LogP contribution < -0.4 is 9.62 Å². The van der Waals surface area contributed by atoms with E-state index in [2.05, 4.69) is 5.32 Å². The van der Waals surface area contributed by atoms with Crippen molar-refractivity contribution >= 4 is 44.8 Å². The number of halogens is 1. The molecule has 0 aliphatic rings. The molecular formula is C24H31ClN4O6S. The molecule has 196 valence electrons. The summed E-state index contributed by atoms with van der Waals surface area (Å²) in [6, 6.07) is 9.51. The number of hydrogen-bond acceptors (Lipinski definition) is 6. The van der Waals surface area contributed by atoms with Crippen molar-refractivity contribution in [3.63, 3.8) is 0 Å². The second kappa shape index (κ2) is 12.2. The van der Waals surface area contributed by atoms with E-state index in [9.17, 15) is 28.1 Å². The zero-order valence-electron chi connectivity index (χ0n) is 20.9. The van der Waals surface area contributed by atoms with Crippen LogP contribution >= 0.6 is 11.6 Å². The lowest BCUT2D eigenvalue weighted by Crippen LogP contribution is -2.53. The molecule has 2 rings (SSSR count). The number of carbonyl (C=O) groups excluding carboxylic acids is 2. The lowest BCUT2D eigenvalue weighted by atomic mass is 10.1. The van der Waals surface area contributed by atoms with E-state index in [1.54, 1.807) is 52.0 Å². The van der Waals surface area contributed by atoms with Crippen molar-refractivity contribution < 1.29 is 22.9 Å². The molecule has 0 aliphatic heterocycles. The SMILES string of the molecule is CC[C@@H](C(=O)NC(C)C)N(Cc1ccc(Cl)cc1)C(=O)CN(c1cc([N+](=O)[O-])ccc1C)S(C)(=O)=O. The first kappa shape index (κ1) is 29.1. The van der Waals surface area contributed by atoms with Crippen molar-refractivity contribution in [2.45, 2.75) is 52.7 Å². The third-order valence-electron chi connectivity index (χ3n) is 5.43. The minimum Gasteiger partial charge on any atom is -0.352 e. The van der Waals surface area contributed by atoms with Gasteiger partial charge in [0.25, 0.3) is 5.69 Å². The van der Waals surface area contributed by atoms with E-state index in [-0.39, 0.29) is 36.3 Å². The van der Waals surface area contributed by atoms with Gasteiger partial charge < -0.3 is 10.2 Å². The van der Waals surface area contributed by atoms with Crippen molar-refractivity contribution in [3.05, 3.63) is 68.7 Å². The van der Waals surface area contributed by atoms with Crippen LogP contribution in [-0.4, -0.2) is 54.9 Å². The molecular weight excluding hydrogens is 508 g/mol. The van der Waals surface area contributed by atoms with Gasteiger partial charge in [-0.3, -0.25) is 24.0 Å². The van der Waals surface area contributed by atoms with E-state index in [0.29, 0.717) is 16.1 Å². The van der Waals surface area contributed by atoms with Gasteiger partial charge in [-0.15, -0.1) is 0 Å². The molecule has 0 saturated carbocycles. The van der Waals surface area contributed by atoms with E-state index < -0.39 is 33.4 Å². The third kappa shape index (κ3) is 7.66. The summed E-state index contributed by atoms with van der Waals surface area (Å²) in [6.45, 7) is 6.34. The molecule has 0 radical (unpaired) electrons. The Hall–Kier alpha value is -3.18. The Morgan fingerprint density at radius 3 is 2.25 bits per heavy atom. The number of non-ortho nitro benzene ring substituents is 1. The number of nitrogens with one attached hydrogen (secondary N) is 1. The number of benzene rings is 2. The molecule has 0 aromatic heterocycles. The predicted octanol–water partition coefficient (Wildman–Crippen LogP) is 3.65. The van der Waals surface area contributed by atoms with Gasteiger partial charge >= 0.3 is 0 Å². The van der Waals surface area contributed by atoms with E-state index in [4.69, 9.17) is 11.6 Å². The Balaban J connectivity index is 2.52. The zero-order chi connectivity index (χ0) is 27.2. The third-order valence-corrected chi connectivity index (χ3v) is 6.81. The Bertz CT molecular complexity index is 1220. The largest absolute Gasteiger partial charge is 0.352 e. The summed E-state index contributed by atoms with van der Waals surface area (Å²) in [7, 11) is -4.02. The molecule has 2 aromatic carbocycles. The Morgan fingerprint density at radius 2 is 1.75 bits per heavy atom. The van der Waals surface area contributed by atoms with E-state index in [1.807, 2.05) is 0 Å². The maximum absolute atomic E-state index is 13.6. The second-order valence-corrected chi connectivity index (χ2v) is 11.1. The molecule has 36 heavy (non-hydrogen) atoms. The summed E-state index contributed by atoms with van der Waals surface area (Å²) in [6.07, 6.45) is 1.21. The summed E-state index contributed by atoms with van der Waals surface area (Å²) in [5, 5.41) is 14.6. The standard InChI is InChI=1S/C24H31ClN4O6S/c1-6-21(24(31)26-16(2)3)27(14-18-8-10-19(25)11-9-18)23(30)15-28(36(5,34)35)22-13-20(29(32)33)12-7-17(22)4/h7-13,16,21H,6,14-15H2,1-5H3,(H,26,31)/t21-/m0/s1. The Labute approximate surface area is 216 Å². The molecule has 2 aromatic rings. The van der Waals surface area contributed by atoms with Crippen molar-refractivity contribution in [1.82, 2.24) is 10.2 Å². The predicted molar refractivity (Wildman–Crippen MR) is 139 cm³/mol. The van der Waals surface area contributed by atoms with Crippen LogP contribution in [0.5, 0.6) is 0 Å². The minimum atomic E-state index is -4.02. The number of amides is 2. The van der Waals surface area contributed by atoms with Gasteiger partial charge in [0, 0.05) is 29.7 Å². The molecule has 2 amide bonds. The number of nitro benzene ring substituents is 1. The van der Waals surface area contributed by atoms with Gasteiger partial charge in [-0.1, -0.05) is 36.7 Å². The highest BCUT2D eigenvalue weighted by Crippen LogP contribution is 2.28. The number of aryl methyl sites for hydroxylation is 1. The number of anilines is 1. The van der Waals surface area contributed by atoms with Crippen molar-refractivity contribution in [2.75, 3.05) is 17.1 Å². The maximum atomic E-state index is 13.6. The van der Waals surface area contributed by atoms with Crippen LogP contribution in [-0.2, 0) is 26.2 Å². The molecule has 0 aliphatic carbocycles. The highest BCUT2D eigenvalue weighted by atomic mass is 35.5. The molecule has 0 unspecified atom stereocenters. The number of hydrogen-bond donors (Lipinski definition) is 1. The van der Waals surface area contributed by atoms with Crippen LogP contribution in [0.2, 0.25) is 5.02 Å². The number of nitro groups is 1. The maximum Gasteiger partial charge on any atom is 0.271 e. The monoisotopic (exact) mass is 538 g/mol. The van der Waals surface area contributed by atoms with Gasteiger partial charge in [0.05, 0.1) is 16.9 Å². The minimum absolute atomic E-state index is 0.0196. The van der Waals surface area contributed by atoms with Gasteiger partial charge in [-0.05, 0) is 50.5 Å². The normalized spacial score (nSPS) is 12.2. The molecule has 0 fully saturated rings. The lowest BCUT2D eigenvalue weighted by Gasteiger charge is -2.33. The summed E-state index contributed by atoms with van der Waals surface area (Å²) < 4.78 is 26.3. The molecule has 10 nitrogen and oxygen atoms in total. The van der Waals surface area contributed by atoms with E-state index >= 15 is 0 Å². The van der Waals surface area contributed by atoms with Gasteiger partial charge in [-0.2, -0.15) is 0 Å². The molecule has 0 saturated heterocycles. The fourth-order valence-electron chi connectivity index (χ4n) is 3.66. The average Bonchev–Trinajstić information content (AvgIpc) is 2.77. The average molecular weight is 539 g/mol. The number of carbonyl (C=O) groups is 2. The van der Waals surface area contributed by atoms with Gasteiger partial charge in [0.2, 0.25) is 21.8 Å². The first-order chi connectivity index (χ1) is 16.7. The van der Waals surface area contributed by atoms with Crippen LogP contribution in [0, 0.1) is 17.0 Å². The Morgan fingerprint density at radius 1 is 1.14 bits per heavy atom. The van der Waals surface area contributed by atoms with Crippen LogP contribution in [0.1, 0.15) is 38.3 Å². The van der Waals surface area contributed by atoms with E-state index in [1.165, 1.54) is 17.0 Å². The zero-order valence-corrected chi connectivity index (χ0v) is 22.5. The van der Waals surface area contributed by atoms with E-state index in [0.717, 1.165) is 16.6 Å². The van der Waals surface area contributed by atoms with Crippen LogP contribution in [0.4, 0.5) is 11.4 Å². The fourth-order valence-corrected chi connectivity index (χ4v) is 4.69. The number of sulfonamides is 1. The quantitative estimate of drug-likeness (QED) is 0.343. The van der Waals surface area contributed by atoms with Crippen molar-refractivity contribution in [3.8, 4) is 0 Å². The van der Waals surface area contributed by atoms with Crippen molar-refractivity contribution in [2.24, 2.45) is 0 Å². The number of nitrogens with zero attached hydrogens (tertiary/aromatic N) is 3. The van der Waals surface area contributed by atoms with Crippen molar-refractivity contribution in [1.29, 1.82) is 0 Å². The second-order valence-electron chi connectivity index (χ2n) is 8.73. The lowest BCUT2D eigenvalue weighted by molar-refractivity contribution is -0.384. The number of rotatable bonds is 11. The first-order valence-electron chi connectivity index (χ1n) is 11.3. The molecule has 1 N–H and O–H groups in total. The summed E-state index contributed by atoms with van der Waals surface area (Å²) in [5.41, 5.74) is 0.845. The summed E-state index contributed by atoms with van der Waals surface area (Å²) in [4.78, 5) is 38.6.